The van der Waals surface area contributed by atoms with Crippen molar-refractivity contribution < 1.29 is 9.90 Å². The maximum absolute atomic E-state index is 12.9. The van der Waals surface area contributed by atoms with E-state index in [1.54, 1.807) is 11.3 Å². The number of carbonyl (C=O) groups excluding carboxylic acids is 1. The summed E-state index contributed by atoms with van der Waals surface area (Å²) in [5.41, 5.74) is 4.50. The Hall–Kier alpha value is -1.76. The number of aromatic nitrogens is 1. The van der Waals surface area contributed by atoms with Gasteiger partial charge in [0.05, 0.1) is 17.4 Å². The van der Waals surface area contributed by atoms with Gasteiger partial charge in [0.2, 0.25) is 0 Å². The second kappa shape index (κ2) is 8.09. The van der Waals surface area contributed by atoms with Gasteiger partial charge in [0.15, 0.2) is 0 Å². The zero-order chi connectivity index (χ0) is 18.8. The van der Waals surface area contributed by atoms with E-state index in [0.29, 0.717) is 25.9 Å². The van der Waals surface area contributed by atoms with E-state index in [1.165, 1.54) is 16.0 Å². The van der Waals surface area contributed by atoms with Crippen molar-refractivity contribution in [3.8, 4) is 0 Å². The summed E-state index contributed by atoms with van der Waals surface area (Å²) in [7, 11) is 0. The number of carbonyl (C=O) groups is 1. The van der Waals surface area contributed by atoms with Gasteiger partial charge in [-0.25, -0.2) is 0 Å². The summed E-state index contributed by atoms with van der Waals surface area (Å²) in [4.78, 5) is 23.1. The van der Waals surface area contributed by atoms with Gasteiger partial charge in [-0.2, -0.15) is 0 Å². The molecule has 5 nitrogen and oxygen atoms in total. The molecule has 1 N–H and O–H groups in total. The molecule has 144 valence electrons. The predicted molar refractivity (Wildman–Crippen MR) is 107 cm³/mol. The zero-order valence-electron chi connectivity index (χ0n) is 15.9. The maximum Gasteiger partial charge on any atom is 0.254 e. The van der Waals surface area contributed by atoms with Gasteiger partial charge in [0, 0.05) is 49.2 Å². The first-order chi connectivity index (χ1) is 13.1. The standard InChI is InChI=1S/C21H27N3O2S/c1-2-15-3-4-16(22-11-15)12-23-8-7-18-19(14-27-20(18)13-23)21(26)24-9-5-17(25)6-10-24/h3-4,11,14,17,25H,2,5-10,12-13H2,1H3. The molecule has 4 heterocycles. The number of likely N-dealkylation sites (tertiary alicyclic amines) is 1. The van der Waals surface area contributed by atoms with Gasteiger partial charge < -0.3 is 10.0 Å². The molecule has 2 aliphatic rings. The van der Waals surface area contributed by atoms with E-state index in [9.17, 15) is 9.90 Å². The molecule has 4 rings (SSSR count). The highest BCUT2D eigenvalue weighted by molar-refractivity contribution is 7.10. The quantitative estimate of drug-likeness (QED) is 0.879. The van der Waals surface area contributed by atoms with Crippen LogP contribution >= 0.6 is 11.3 Å². The first-order valence-corrected chi connectivity index (χ1v) is 10.7. The molecule has 0 radical (unpaired) electrons. The van der Waals surface area contributed by atoms with Crippen LogP contribution in [0.4, 0.5) is 0 Å². The molecule has 2 aromatic heterocycles. The Morgan fingerprint density at radius 2 is 2.11 bits per heavy atom. The number of pyridine rings is 1. The topological polar surface area (TPSA) is 56.7 Å². The van der Waals surface area contributed by atoms with E-state index < -0.39 is 0 Å². The number of aryl methyl sites for hydroxylation is 1. The molecule has 0 spiro atoms. The molecule has 0 aliphatic carbocycles. The second-order valence-electron chi connectivity index (χ2n) is 7.55. The summed E-state index contributed by atoms with van der Waals surface area (Å²) in [5.74, 6) is 0.143. The lowest BCUT2D eigenvalue weighted by Crippen LogP contribution is -2.40. The fourth-order valence-corrected chi connectivity index (χ4v) is 5.04. The Balaban J connectivity index is 1.41. The highest BCUT2D eigenvalue weighted by atomic mass is 32.1. The number of thiophene rings is 1. The number of hydrogen-bond donors (Lipinski definition) is 1. The first-order valence-electron chi connectivity index (χ1n) is 9.86. The molecule has 0 unspecified atom stereocenters. The van der Waals surface area contributed by atoms with Crippen molar-refractivity contribution in [1.82, 2.24) is 14.8 Å². The third-order valence-corrected chi connectivity index (χ3v) is 6.70. The number of aliphatic hydroxyl groups excluding tert-OH is 1. The lowest BCUT2D eigenvalue weighted by atomic mass is 10.0. The zero-order valence-corrected chi connectivity index (χ0v) is 16.7. The van der Waals surface area contributed by atoms with Crippen LogP contribution in [0.1, 0.15) is 51.8 Å². The minimum atomic E-state index is -0.251. The molecular weight excluding hydrogens is 358 g/mol. The van der Waals surface area contributed by atoms with Crippen molar-refractivity contribution in [2.24, 2.45) is 0 Å². The average Bonchev–Trinajstić information content (AvgIpc) is 3.12. The Kier molecular flexibility index (Phi) is 5.57. The normalized spacial score (nSPS) is 18.5. The van der Waals surface area contributed by atoms with E-state index >= 15 is 0 Å². The van der Waals surface area contributed by atoms with Crippen LogP contribution in [0.15, 0.2) is 23.7 Å². The highest BCUT2D eigenvalue weighted by Crippen LogP contribution is 2.30. The number of amides is 1. The number of aliphatic hydroxyl groups is 1. The summed E-state index contributed by atoms with van der Waals surface area (Å²) in [5, 5.41) is 11.7. The first kappa shape index (κ1) is 18.6. The van der Waals surface area contributed by atoms with Crippen LogP contribution in [0.25, 0.3) is 0 Å². The Morgan fingerprint density at radius 3 is 2.81 bits per heavy atom. The summed E-state index contributed by atoms with van der Waals surface area (Å²) >= 11 is 1.71. The van der Waals surface area contributed by atoms with Gasteiger partial charge in [-0.1, -0.05) is 13.0 Å². The molecule has 0 aromatic carbocycles. The van der Waals surface area contributed by atoms with Crippen LogP contribution in [0.5, 0.6) is 0 Å². The second-order valence-corrected chi connectivity index (χ2v) is 8.51. The summed E-state index contributed by atoms with van der Waals surface area (Å²) in [6.07, 6.45) is 5.04. The SMILES string of the molecule is CCc1ccc(CN2CCc3c(C(=O)N4CCC(O)CC4)csc3C2)nc1. The number of fused-ring (bicyclic) bond motifs is 1. The molecule has 1 fully saturated rings. The van der Waals surface area contributed by atoms with E-state index in [-0.39, 0.29) is 12.0 Å². The van der Waals surface area contributed by atoms with E-state index in [1.807, 2.05) is 16.5 Å². The van der Waals surface area contributed by atoms with Crippen LogP contribution in [-0.4, -0.2) is 51.5 Å². The minimum Gasteiger partial charge on any atom is -0.393 e. The maximum atomic E-state index is 12.9. The van der Waals surface area contributed by atoms with Gasteiger partial charge in [-0.15, -0.1) is 11.3 Å². The fraction of sp³-hybridized carbons (Fsp3) is 0.524. The molecule has 2 aliphatic heterocycles. The summed E-state index contributed by atoms with van der Waals surface area (Å²) < 4.78 is 0. The minimum absolute atomic E-state index is 0.143. The summed E-state index contributed by atoms with van der Waals surface area (Å²) in [6.45, 7) is 6.18. The Bertz CT molecular complexity index is 794. The molecule has 1 amide bonds. The number of rotatable bonds is 4. The molecule has 2 aromatic rings. The van der Waals surface area contributed by atoms with Crippen LogP contribution in [0, 0.1) is 0 Å². The van der Waals surface area contributed by atoms with Crippen molar-refractivity contribution in [3.05, 3.63) is 51.0 Å². The number of hydrogen-bond acceptors (Lipinski definition) is 5. The largest absolute Gasteiger partial charge is 0.393 e. The van der Waals surface area contributed by atoms with Gasteiger partial charge in [-0.3, -0.25) is 14.7 Å². The molecule has 1 saturated heterocycles. The van der Waals surface area contributed by atoms with Crippen molar-refractivity contribution in [1.29, 1.82) is 0 Å². The van der Waals surface area contributed by atoms with Gasteiger partial charge >= 0.3 is 0 Å². The van der Waals surface area contributed by atoms with Crippen molar-refractivity contribution in [2.45, 2.75) is 51.8 Å². The van der Waals surface area contributed by atoms with Crippen LogP contribution in [-0.2, 0) is 25.9 Å². The molecule has 0 atom stereocenters. The van der Waals surface area contributed by atoms with E-state index in [2.05, 4.69) is 28.9 Å². The molecular formula is C21H27N3O2S. The molecule has 6 heteroatoms. The summed E-state index contributed by atoms with van der Waals surface area (Å²) in [6, 6.07) is 4.29. The Labute approximate surface area is 164 Å². The molecule has 27 heavy (non-hydrogen) atoms. The van der Waals surface area contributed by atoms with Crippen LogP contribution < -0.4 is 0 Å². The number of piperidine rings is 1. The Morgan fingerprint density at radius 1 is 1.30 bits per heavy atom. The van der Waals surface area contributed by atoms with Crippen LogP contribution in [0.2, 0.25) is 0 Å². The number of nitrogens with zero attached hydrogens (tertiary/aromatic N) is 3. The lowest BCUT2D eigenvalue weighted by Gasteiger charge is -2.31. The van der Waals surface area contributed by atoms with Crippen molar-refractivity contribution >= 4 is 17.2 Å². The van der Waals surface area contributed by atoms with Gasteiger partial charge in [0.25, 0.3) is 5.91 Å². The van der Waals surface area contributed by atoms with Gasteiger partial charge in [0.1, 0.15) is 0 Å². The van der Waals surface area contributed by atoms with Crippen molar-refractivity contribution in [2.75, 3.05) is 19.6 Å². The van der Waals surface area contributed by atoms with Crippen LogP contribution in [0.3, 0.4) is 0 Å². The highest BCUT2D eigenvalue weighted by Gasteiger charge is 2.28. The predicted octanol–water partition coefficient (Wildman–Crippen LogP) is 2.86. The smallest absolute Gasteiger partial charge is 0.254 e. The van der Waals surface area contributed by atoms with E-state index in [4.69, 9.17) is 0 Å². The van der Waals surface area contributed by atoms with Crippen molar-refractivity contribution in [3.63, 3.8) is 0 Å². The third-order valence-electron chi connectivity index (χ3n) is 5.69. The monoisotopic (exact) mass is 385 g/mol. The molecule has 0 saturated carbocycles. The van der Waals surface area contributed by atoms with E-state index in [0.717, 1.165) is 43.7 Å². The van der Waals surface area contributed by atoms with Gasteiger partial charge in [-0.05, 0) is 42.9 Å². The lowest BCUT2D eigenvalue weighted by molar-refractivity contribution is 0.0545. The molecule has 0 bridgehead atoms. The fourth-order valence-electron chi connectivity index (χ4n) is 3.92. The average molecular weight is 386 g/mol. The third kappa shape index (κ3) is 4.08.